The van der Waals surface area contributed by atoms with Gasteiger partial charge in [-0.1, -0.05) is 18.2 Å². The maximum atomic E-state index is 5.83. The van der Waals surface area contributed by atoms with Gasteiger partial charge in [0.15, 0.2) is 5.76 Å². The molecule has 3 nitrogen and oxygen atoms in total. The average molecular weight is 265 g/mol. The van der Waals surface area contributed by atoms with Gasteiger partial charge >= 0.3 is 0 Å². The zero-order valence-corrected chi connectivity index (χ0v) is 11.5. The van der Waals surface area contributed by atoms with Crippen molar-refractivity contribution < 1.29 is 9.15 Å². The van der Waals surface area contributed by atoms with E-state index in [2.05, 4.69) is 17.1 Å². The van der Waals surface area contributed by atoms with Crippen LogP contribution in [0.3, 0.4) is 0 Å². The van der Waals surface area contributed by atoms with E-state index in [0.29, 0.717) is 0 Å². The van der Waals surface area contributed by atoms with Gasteiger partial charge in [0, 0.05) is 5.39 Å². The highest BCUT2D eigenvalue weighted by atomic mass is 16.5. The number of allylic oxidation sites excluding steroid dienone is 1. The molecule has 0 aliphatic carbocycles. The topological polar surface area (TPSA) is 35.3 Å². The molecule has 0 aliphatic heterocycles. The van der Waals surface area contributed by atoms with Crippen molar-refractivity contribution in [3.05, 3.63) is 54.2 Å². The molecule has 0 saturated heterocycles. The fourth-order valence-electron chi connectivity index (χ4n) is 2.13. The molecule has 2 aromatic heterocycles. The van der Waals surface area contributed by atoms with Crippen molar-refractivity contribution in [3.8, 4) is 17.2 Å². The van der Waals surface area contributed by atoms with Crippen LogP contribution < -0.4 is 4.74 Å². The van der Waals surface area contributed by atoms with Crippen LogP contribution in [0.5, 0.6) is 5.75 Å². The van der Waals surface area contributed by atoms with Gasteiger partial charge in [-0.05, 0) is 42.8 Å². The Kier molecular flexibility index (Phi) is 3.25. The van der Waals surface area contributed by atoms with Gasteiger partial charge in [-0.2, -0.15) is 0 Å². The summed E-state index contributed by atoms with van der Waals surface area (Å²) in [4.78, 5) is 4.34. The Bertz CT molecular complexity index is 754. The Morgan fingerprint density at radius 2 is 2.05 bits per heavy atom. The molecule has 20 heavy (non-hydrogen) atoms. The summed E-state index contributed by atoms with van der Waals surface area (Å²) in [5, 5.41) is 1.08. The summed E-state index contributed by atoms with van der Waals surface area (Å²) < 4.78 is 10.9. The van der Waals surface area contributed by atoms with Crippen LogP contribution in [0.25, 0.3) is 28.5 Å². The molecule has 0 aliphatic rings. The zero-order valence-electron chi connectivity index (χ0n) is 11.5. The lowest BCUT2D eigenvalue weighted by Gasteiger charge is -1.99. The highest BCUT2D eigenvalue weighted by Gasteiger charge is 2.07. The summed E-state index contributed by atoms with van der Waals surface area (Å²) in [5.74, 6) is 1.50. The third-order valence-electron chi connectivity index (χ3n) is 3.12. The van der Waals surface area contributed by atoms with Crippen LogP contribution in [0.1, 0.15) is 12.5 Å². The summed E-state index contributed by atoms with van der Waals surface area (Å²) in [6.45, 7) is 2.01. The van der Waals surface area contributed by atoms with E-state index in [-0.39, 0.29) is 0 Å². The third-order valence-corrected chi connectivity index (χ3v) is 3.12. The van der Waals surface area contributed by atoms with E-state index in [1.807, 2.05) is 43.3 Å². The average Bonchev–Trinajstić information content (AvgIpc) is 2.91. The molecule has 2 heterocycles. The van der Waals surface area contributed by atoms with Crippen LogP contribution in [0.2, 0.25) is 0 Å². The van der Waals surface area contributed by atoms with Crippen molar-refractivity contribution in [1.82, 2.24) is 4.98 Å². The fraction of sp³-hybridized carbons (Fsp3) is 0.118. The number of ether oxygens (including phenoxy) is 1. The number of aromatic nitrogens is 1. The van der Waals surface area contributed by atoms with Crippen molar-refractivity contribution >= 4 is 17.0 Å². The van der Waals surface area contributed by atoms with Crippen LogP contribution in [0.15, 0.2) is 53.1 Å². The molecule has 0 bridgehead atoms. The van der Waals surface area contributed by atoms with Crippen molar-refractivity contribution in [2.24, 2.45) is 0 Å². The van der Waals surface area contributed by atoms with E-state index in [0.717, 1.165) is 33.7 Å². The van der Waals surface area contributed by atoms with E-state index in [1.165, 1.54) is 0 Å². The van der Waals surface area contributed by atoms with Crippen LogP contribution in [-0.4, -0.2) is 12.1 Å². The first kappa shape index (κ1) is 12.5. The van der Waals surface area contributed by atoms with Gasteiger partial charge in [-0.3, -0.25) is 0 Å². The van der Waals surface area contributed by atoms with Gasteiger partial charge in [-0.25, -0.2) is 4.98 Å². The number of benzene rings is 1. The Hall–Kier alpha value is -2.55. The van der Waals surface area contributed by atoms with Crippen molar-refractivity contribution in [2.75, 3.05) is 7.11 Å². The number of hydrogen-bond donors (Lipinski definition) is 0. The summed E-state index contributed by atoms with van der Waals surface area (Å²) in [6.07, 6.45) is 5.78. The fourth-order valence-corrected chi connectivity index (χ4v) is 2.13. The molecule has 0 radical (unpaired) electrons. The number of fused-ring (bicyclic) bond motifs is 1. The lowest BCUT2D eigenvalue weighted by Crippen LogP contribution is -1.85. The summed E-state index contributed by atoms with van der Waals surface area (Å²) in [7, 11) is 1.63. The molecule has 3 heteroatoms. The predicted octanol–water partition coefficient (Wildman–Crippen LogP) is 4.54. The molecule has 0 atom stereocenters. The van der Waals surface area contributed by atoms with Gasteiger partial charge in [0.25, 0.3) is 0 Å². The van der Waals surface area contributed by atoms with Gasteiger partial charge < -0.3 is 9.15 Å². The van der Waals surface area contributed by atoms with Crippen molar-refractivity contribution in [1.29, 1.82) is 0 Å². The number of hydrogen-bond acceptors (Lipinski definition) is 3. The lowest BCUT2D eigenvalue weighted by molar-refractivity contribution is 0.413. The normalized spacial score (nSPS) is 11.3. The predicted molar refractivity (Wildman–Crippen MR) is 80.7 cm³/mol. The van der Waals surface area contributed by atoms with Gasteiger partial charge in [-0.15, -0.1) is 0 Å². The molecule has 1 aromatic carbocycles. The lowest BCUT2D eigenvalue weighted by atomic mass is 10.1. The van der Waals surface area contributed by atoms with Crippen LogP contribution in [0, 0.1) is 0 Å². The third kappa shape index (κ3) is 2.30. The Morgan fingerprint density at radius 1 is 1.15 bits per heavy atom. The Labute approximate surface area is 117 Å². The van der Waals surface area contributed by atoms with E-state index < -0.39 is 0 Å². The largest absolute Gasteiger partial charge is 0.495 e. The second-order valence-corrected chi connectivity index (χ2v) is 4.49. The molecule has 3 rings (SSSR count). The second-order valence-electron chi connectivity index (χ2n) is 4.49. The van der Waals surface area contributed by atoms with E-state index in [4.69, 9.17) is 9.15 Å². The van der Waals surface area contributed by atoms with E-state index in [9.17, 15) is 0 Å². The van der Waals surface area contributed by atoms with Gasteiger partial charge in [0.1, 0.15) is 17.0 Å². The number of nitrogens with zero attached hydrogens (tertiary/aromatic N) is 1. The Morgan fingerprint density at radius 3 is 2.75 bits per heavy atom. The van der Waals surface area contributed by atoms with Crippen LogP contribution in [-0.2, 0) is 0 Å². The number of furan rings is 1. The molecule has 0 fully saturated rings. The molecule has 0 unspecified atom stereocenters. The van der Waals surface area contributed by atoms with Crippen LogP contribution in [0.4, 0.5) is 0 Å². The summed E-state index contributed by atoms with van der Waals surface area (Å²) in [5.41, 5.74) is 2.83. The summed E-state index contributed by atoms with van der Waals surface area (Å²) in [6, 6.07) is 11.9. The standard InChI is InChI=1S/C17H15NO2/c1-3-4-12-5-8-16-13(9-12)10-17(20-16)15-7-6-14(19-2)11-18-15/h3-11H,1-2H3/b4-3+. The Balaban J connectivity index is 2.03. The van der Waals surface area contributed by atoms with Crippen molar-refractivity contribution in [2.45, 2.75) is 6.92 Å². The molecule has 3 aromatic rings. The first-order chi connectivity index (χ1) is 9.80. The first-order valence-corrected chi connectivity index (χ1v) is 6.47. The molecule has 0 spiro atoms. The first-order valence-electron chi connectivity index (χ1n) is 6.47. The molecule has 100 valence electrons. The van der Waals surface area contributed by atoms with Crippen molar-refractivity contribution in [3.63, 3.8) is 0 Å². The maximum Gasteiger partial charge on any atom is 0.153 e. The van der Waals surface area contributed by atoms with Crippen LogP contribution >= 0.6 is 0 Å². The number of methoxy groups -OCH3 is 1. The molecule has 0 N–H and O–H groups in total. The minimum Gasteiger partial charge on any atom is -0.495 e. The molecular formula is C17H15NO2. The van der Waals surface area contributed by atoms with E-state index >= 15 is 0 Å². The van der Waals surface area contributed by atoms with Gasteiger partial charge in [0.2, 0.25) is 0 Å². The second kappa shape index (κ2) is 5.21. The zero-order chi connectivity index (χ0) is 13.9. The highest BCUT2D eigenvalue weighted by molar-refractivity contribution is 5.84. The van der Waals surface area contributed by atoms with E-state index in [1.54, 1.807) is 13.3 Å². The number of rotatable bonds is 3. The molecule has 0 amide bonds. The van der Waals surface area contributed by atoms with Gasteiger partial charge in [0.05, 0.1) is 13.3 Å². The SMILES string of the molecule is C/C=C/c1ccc2oc(-c3ccc(OC)cn3)cc2c1. The maximum absolute atomic E-state index is 5.83. The highest BCUT2D eigenvalue weighted by Crippen LogP contribution is 2.28. The minimum absolute atomic E-state index is 0.736. The quantitative estimate of drug-likeness (QED) is 0.697. The monoisotopic (exact) mass is 265 g/mol. The smallest absolute Gasteiger partial charge is 0.153 e. The summed E-state index contributed by atoms with van der Waals surface area (Å²) >= 11 is 0. The molecule has 0 saturated carbocycles. The number of pyridine rings is 1. The molecular weight excluding hydrogens is 250 g/mol. The minimum atomic E-state index is 0.736.